The molecule has 0 unspecified atom stereocenters. The van der Waals surface area contributed by atoms with Crippen LogP contribution in [0.1, 0.15) is 49.9 Å². The van der Waals surface area contributed by atoms with Crippen molar-refractivity contribution in [1.29, 1.82) is 5.26 Å². The number of rotatable bonds is 1. The van der Waals surface area contributed by atoms with Gasteiger partial charge in [-0.2, -0.15) is 5.26 Å². The van der Waals surface area contributed by atoms with Crippen molar-refractivity contribution in [3.05, 3.63) is 35.7 Å². The molecule has 0 atom stereocenters. The van der Waals surface area contributed by atoms with Crippen LogP contribution in [0.2, 0.25) is 0 Å². The molecule has 4 rings (SSSR count). The van der Waals surface area contributed by atoms with Crippen molar-refractivity contribution in [3.8, 4) is 17.5 Å². The molecular formula is C18H20N4. The average molecular weight is 292 g/mol. The Labute approximate surface area is 130 Å². The van der Waals surface area contributed by atoms with Crippen LogP contribution in [0.3, 0.4) is 0 Å². The van der Waals surface area contributed by atoms with Gasteiger partial charge in [-0.15, -0.1) is 10.2 Å². The molecule has 1 aromatic heterocycles. The van der Waals surface area contributed by atoms with Crippen LogP contribution in [-0.4, -0.2) is 14.8 Å². The third-order valence-electron chi connectivity index (χ3n) is 5.29. The minimum atomic E-state index is 0.420. The Morgan fingerprint density at radius 1 is 1.00 bits per heavy atom. The van der Waals surface area contributed by atoms with E-state index in [1.807, 2.05) is 24.3 Å². The van der Waals surface area contributed by atoms with E-state index >= 15 is 0 Å². The zero-order valence-corrected chi connectivity index (χ0v) is 12.8. The number of aromatic nitrogens is 3. The molecule has 0 N–H and O–H groups in total. The fourth-order valence-corrected chi connectivity index (χ4v) is 4.08. The maximum Gasteiger partial charge on any atom is 0.163 e. The van der Waals surface area contributed by atoms with Crippen molar-refractivity contribution >= 4 is 0 Å². The minimum Gasteiger partial charge on any atom is -0.310 e. The topological polar surface area (TPSA) is 54.5 Å². The molecule has 1 aliphatic carbocycles. The van der Waals surface area contributed by atoms with Crippen molar-refractivity contribution in [2.45, 2.75) is 51.5 Å². The number of nitriles is 1. The van der Waals surface area contributed by atoms with Gasteiger partial charge in [-0.1, -0.05) is 25.7 Å². The van der Waals surface area contributed by atoms with Gasteiger partial charge in [-0.05, 0) is 42.5 Å². The highest BCUT2D eigenvalue weighted by atomic mass is 15.3. The summed E-state index contributed by atoms with van der Waals surface area (Å²) in [5.41, 5.74) is 2.16. The molecule has 112 valence electrons. The van der Waals surface area contributed by atoms with E-state index in [2.05, 4.69) is 20.8 Å². The maximum absolute atomic E-state index is 8.92. The van der Waals surface area contributed by atoms with Gasteiger partial charge in [0, 0.05) is 18.5 Å². The van der Waals surface area contributed by atoms with Crippen LogP contribution in [0, 0.1) is 16.7 Å². The second-order valence-corrected chi connectivity index (χ2v) is 6.81. The number of nitrogens with zero attached hydrogens (tertiary/aromatic N) is 4. The molecule has 0 bridgehead atoms. The molecule has 2 aliphatic rings. The first-order chi connectivity index (χ1) is 10.8. The summed E-state index contributed by atoms with van der Waals surface area (Å²) in [6.07, 6.45) is 9.19. The lowest BCUT2D eigenvalue weighted by Gasteiger charge is -2.26. The van der Waals surface area contributed by atoms with E-state index in [0.717, 1.165) is 30.2 Å². The monoisotopic (exact) mass is 292 g/mol. The molecule has 1 aromatic carbocycles. The van der Waals surface area contributed by atoms with E-state index in [-0.39, 0.29) is 0 Å². The molecule has 4 nitrogen and oxygen atoms in total. The molecule has 22 heavy (non-hydrogen) atoms. The van der Waals surface area contributed by atoms with Crippen molar-refractivity contribution < 1.29 is 0 Å². The molecule has 4 heteroatoms. The molecule has 1 fully saturated rings. The quantitative estimate of drug-likeness (QED) is 0.805. The van der Waals surface area contributed by atoms with E-state index in [1.54, 1.807) is 0 Å². The predicted molar refractivity (Wildman–Crippen MR) is 84.0 cm³/mol. The van der Waals surface area contributed by atoms with E-state index in [1.165, 1.54) is 38.5 Å². The fraction of sp³-hybridized carbons (Fsp3) is 0.500. The van der Waals surface area contributed by atoms with Crippen LogP contribution >= 0.6 is 0 Å². The van der Waals surface area contributed by atoms with Gasteiger partial charge in [0.15, 0.2) is 5.82 Å². The van der Waals surface area contributed by atoms with Crippen LogP contribution in [0.4, 0.5) is 0 Å². The lowest BCUT2D eigenvalue weighted by molar-refractivity contribution is 0.238. The summed E-state index contributed by atoms with van der Waals surface area (Å²) < 4.78 is 2.31. The smallest absolute Gasteiger partial charge is 0.163 e. The molecule has 1 saturated carbocycles. The van der Waals surface area contributed by atoms with Crippen molar-refractivity contribution in [1.82, 2.24) is 14.8 Å². The third kappa shape index (κ3) is 2.21. The average Bonchev–Trinajstić information content (AvgIpc) is 2.98. The molecule has 0 amide bonds. The van der Waals surface area contributed by atoms with Gasteiger partial charge >= 0.3 is 0 Å². The largest absolute Gasteiger partial charge is 0.310 e. The SMILES string of the molecule is N#Cc1ccc(-c2nnc3n2CC2(CCCCCC2)C3)cc1. The first kappa shape index (κ1) is 13.5. The fourth-order valence-electron chi connectivity index (χ4n) is 4.08. The lowest BCUT2D eigenvalue weighted by Crippen LogP contribution is -2.22. The maximum atomic E-state index is 8.92. The zero-order chi connectivity index (χ0) is 15.0. The summed E-state index contributed by atoms with van der Waals surface area (Å²) >= 11 is 0. The van der Waals surface area contributed by atoms with Crippen molar-refractivity contribution in [2.24, 2.45) is 5.41 Å². The Morgan fingerprint density at radius 3 is 2.41 bits per heavy atom. The van der Waals surface area contributed by atoms with Gasteiger partial charge in [0.05, 0.1) is 11.6 Å². The third-order valence-corrected chi connectivity index (χ3v) is 5.29. The minimum absolute atomic E-state index is 0.420. The highest BCUT2D eigenvalue weighted by Gasteiger charge is 2.39. The van der Waals surface area contributed by atoms with Crippen LogP contribution in [0.15, 0.2) is 24.3 Å². The van der Waals surface area contributed by atoms with Crippen molar-refractivity contribution in [3.63, 3.8) is 0 Å². The Balaban J connectivity index is 1.65. The van der Waals surface area contributed by atoms with Gasteiger partial charge < -0.3 is 4.57 Å². The number of benzene rings is 1. The van der Waals surface area contributed by atoms with Gasteiger partial charge in [-0.25, -0.2) is 0 Å². The Hall–Kier alpha value is -2.15. The Bertz CT molecular complexity index is 713. The molecule has 2 aromatic rings. The summed E-state index contributed by atoms with van der Waals surface area (Å²) in [6, 6.07) is 9.83. The van der Waals surface area contributed by atoms with Gasteiger partial charge in [0.1, 0.15) is 5.82 Å². The van der Waals surface area contributed by atoms with Crippen molar-refractivity contribution in [2.75, 3.05) is 0 Å². The van der Waals surface area contributed by atoms with E-state index in [0.29, 0.717) is 11.0 Å². The summed E-state index contributed by atoms with van der Waals surface area (Å²) in [7, 11) is 0. The Kier molecular flexibility index (Phi) is 3.22. The van der Waals surface area contributed by atoms with Crippen LogP contribution in [0.5, 0.6) is 0 Å². The van der Waals surface area contributed by atoms with Gasteiger partial charge in [0.2, 0.25) is 0 Å². The molecule has 0 saturated heterocycles. The number of hydrogen-bond donors (Lipinski definition) is 0. The molecule has 2 heterocycles. The molecular weight excluding hydrogens is 272 g/mol. The highest BCUT2D eigenvalue weighted by Crippen LogP contribution is 2.44. The van der Waals surface area contributed by atoms with Crippen LogP contribution in [0.25, 0.3) is 11.4 Å². The first-order valence-corrected chi connectivity index (χ1v) is 8.22. The highest BCUT2D eigenvalue weighted by molar-refractivity contribution is 5.57. The van der Waals surface area contributed by atoms with Crippen LogP contribution < -0.4 is 0 Å². The van der Waals surface area contributed by atoms with Gasteiger partial charge in [-0.3, -0.25) is 0 Å². The molecule has 1 spiro atoms. The second kappa shape index (κ2) is 5.24. The number of fused-ring (bicyclic) bond motifs is 1. The van der Waals surface area contributed by atoms with E-state index in [9.17, 15) is 0 Å². The van der Waals surface area contributed by atoms with E-state index < -0.39 is 0 Å². The summed E-state index contributed by atoms with van der Waals surface area (Å²) in [6.45, 7) is 1.06. The van der Waals surface area contributed by atoms with Crippen LogP contribution in [-0.2, 0) is 13.0 Å². The molecule has 1 aliphatic heterocycles. The van der Waals surface area contributed by atoms with E-state index in [4.69, 9.17) is 5.26 Å². The first-order valence-electron chi connectivity index (χ1n) is 8.22. The number of hydrogen-bond acceptors (Lipinski definition) is 3. The lowest BCUT2D eigenvalue weighted by atomic mass is 9.79. The zero-order valence-electron chi connectivity index (χ0n) is 12.8. The summed E-state index contributed by atoms with van der Waals surface area (Å²) in [4.78, 5) is 0. The summed E-state index contributed by atoms with van der Waals surface area (Å²) in [5, 5.41) is 17.8. The Morgan fingerprint density at radius 2 is 1.73 bits per heavy atom. The standard InChI is InChI=1S/C18H20N4/c19-12-14-5-7-15(8-6-14)17-21-20-16-11-18(13-22(16)17)9-3-1-2-4-10-18/h5-8H,1-4,9-11,13H2. The summed E-state index contributed by atoms with van der Waals surface area (Å²) in [5.74, 6) is 2.10. The normalized spacial score (nSPS) is 19.6. The second-order valence-electron chi connectivity index (χ2n) is 6.81. The van der Waals surface area contributed by atoms with Gasteiger partial charge in [0.25, 0.3) is 0 Å². The predicted octanol–water partition coefficient (Wildman–Crippen LogP) is 3.71. The molecule has 0 radical (unpaired) electrons.